The Labute approximate surface area is 261 Å². The van der Waals surface area contributed by atoms with Gasteiger partial charge < -0.3 is 34.5 Å². The molecule has 20 nitrogen and oxygen atoms in total. The fourth-order valence-electron chi connectivity index (χ4n) is 7.54. The number of aromatic amines is 1. The highest BCUT2D eigenvalue weighted by Gasteiger charge is 2.75. The topological polar surface area (TPSA) is 263 Å². The standard InChI is InChI=1S/C24H26FN9O11P2/c1-9-31-20-13(21(35)32-9)30-8-34(20)22-15-17-24(43-22,4-40-15)5-42-47(38,39)44-16-11(25)14(10-2-23(10,16)3-41-46(36,37)45-17)33-7-29-12-18(26)27-6-28-19(12)33/h6-8,10-11,14-17,22H,2-5H2,1H3,(H,36,37)(H,38,39)(H2,26,27,28)(H,31,32,35)/t10-,11+,14-,15-,16+,17+,22-,23?,24-/m1/s1. The first-order valence-corrected chi connectivity index (χ1v) is 17.4. The molecule has 250 valence electrons. The highest BCUT2D eigenvalue weighted by atomic mass is 31.2. The number of nitrogens with one attached hydrogen (secondary N) is 1. The van der Waals surface area contributed by atoms with Crippen LogP contribution in [0.15, 0.2) is 23.8 Å². The van der Waals surface area contributed by atoms with Crippen molar-refractivity contribution in [2.45, 2.75) is 55.7 Å². The Kier molecular flexibility index (Phi) is 6.16. The predicted molar refractivity (Wildman–Crippen MR) is 151 cm³/mol. The molecule has 2 aliphatic carbocycles. The molecule has 5 fully saturated rings. The number of alkyl halides is 1. The molecule has 0 aromatic carbocycles. The third kappa shape index (κ3) is 4.29. The minimum absolute atomic E-state index is 0.00327. The highest BCUT2D eigenvalue weighted by Crippen LogP contribution is 2.73. The van der Waals surface area contributed by atoms with Crippen LogP contribution in [-0.4, -0.2) is 98.7 Å². The first kappa shape index (κ1) is 29.9. The van der Waals surface area contributed by atoms with Crippen LogP contribution in [0, 0.1) is 18.3 Å². The van der Waals surface area contributed by atoms with Crippen molar-refractivity contribution in [3.05, 3.63) is 35.2 Å². The predicted octanol–water partition coefficient (Wildman–Crippen LogP) is 0.434. The average Bonchev–Trinajstić information content (AvgIpc) is 3.43. The van der Waals surface area contributed by atoms with Gasteiger partial charge in [-0.2, -0.15) is 0 Å². The number of hydrogen-bond acceptors (Lipinski definition) is 15. The number of halogens is 1. The molecule has 5 aliphatic rings. The van der Waals surface area contributed by atoms with Gasteiger partial charge in [-0.1, -0.05) is 0 Å². The average molecular weight is 697 g/mol. The van der Waals surface area contributed by atoms with Gasteiger partial charge in [0.15, 0.2) is 28.9 Å². The second kappa shape index (κ2) is 9.69. The number of nitrogen functional groups attached to an aromatic ring is 1. The summed E-state index contributed by atoms with van der Waals surface area (Å²) in [5, 5.41) is 0. The fourth-order valence-corrected chi connectivity index (χ4v) is 9.66. The van der Waals surface area contributed by atoms with E-state index in [1.54, 1.807) is 6.92 Å². The summed E-state index contributed by atoms with van der Waals surface area (Å²) in [7, 11) is -9.97. The molecule has 0 amide bonds. The van der Waals surface area contributed by atoms with Crippen LogP contribution < -0.4 is 11.3 Å². The number of phosphoric acid groups is 2. The van der Waals surface area contributed by atoms with Gasteiger partial charge in [-0.15, -0.1) is 0 Å². The monoisotopic (exact) mass is 697 g/mol. The van der Waals surface area contributed by atoms with Crippen LogP contribution in [0.25, 0.3) is 22.3 Å². The molecular formula is C24H26FN9O11P2. The van der Waals surface area contributed by atoms with E-state index < -0.39 is 88.1 Å². The quantitative estimate of drug-likeness (QED) is 0.207. The van der Waals surface area contributed by atoms with Gasteiger partial charge in [0.25, 0.3) is 5.56 Å². The largest absolute Gasteiger partial charge is 0.472 e. The van der Waals surface area contributed by atoms with E-state index in [1.165, 1.54) is 28.1 Å². The summed E-state index contributed by atoms with van der Waals surface area (Å²) >= 11 is 0. The zero-order valence-corrected chi connectivity index (χ0v) is 25.9. The maximum absolute atomic E-state index is 16.4. The van der Waals surface area contributed by atoms with Crippen molar-refractivity contribution < 1.29 is 50.9 Å². The zero-order chi connectivity index (χ0) is 32.7. The lowest BCUT2D eigenvalue weighted by Crippen LogP contribution is -2.46. The highest BCUT2D eigenvalue weighted by molar-refractivity contribution is 7.47. The van der Waals surface area contributed by atoms with Gasteiger partial charge in [0.1, 0.15) is 47.8 Å². The van der Waals surface area contributed by atoms with Crippen molar-refractivity contribution in [1.29, 1.82) is 0 Å². The normalized spacial score (nSPS) is 42.9. The fraction of sp³-hybridized carbons (Fsp3) is 0.583. The van der Waals surface area contributed by atoms with Crippen LogP contribution >= 0.6 is 15.6 Å². The lowest BCUT2D eigenvalue weighted by molar-refractivity contribution is -0.184. The number of hydrogen-bond donors (Lipinski definition) is 4. The molecule has 9 rings (SSSR count). The molecule has 11 atom stereocenters. The number of anilines is 1. The Bertz CT molecular complexity index is 2130. The number of ether oxygens (including phenoxy) is 2. The molecular weight excluding hydrogens is 671 g/mol. The van der Waals surface area contributed by atoms with Gasteiger partial charge in [0, 0.05) is 5.41 Å². The van der Waals surface area contributed by atoms with Gasteiger partial charge >= 0.3 is 15.6 Å². The maximum atomic E-state index is 16.4. The van der Waals surface area contributed by atoms with Gasteiger partial charge in [-0.3, -0.25) is 27.5 Å². The second-order valence-electron chi connectivity index (χ2n) is 12.4. The van der Waals surface area contributed by atoms with Crippen molar-refractivity contribution >= 4 is 43.8 Å². The van der Waals surface area contributed by atoms with Crippen LogP contribution in [0.4, 0.5) is 10.2 Å². The molecule has 7 heterocycles. The SMILES string of the molecule is Cc1nc2c(ncn2[C@@H]2O[C@@]34CO[C@@H]2[C@@H]3OP(=O)(O)OCC23C[C@@H]2[C@@H](n2cnc5c(N)ncnc52)[C@H](F)[C@@H]3OP(=O)(O)OC4)c(=O)[nH]1. The van der Waals surface area contributed by atoms with E-state index in [-0.39, 0.29) is 41.2 Å². The molecule has 3 aliphatic heterocycles. The first-order chi connectivity index (χ1) is 22.3. The van der Waals surface area contributed by atoms with Gasteiger partial charge in [0.05, 0.1) is 38.5 Å². The molecule has 1 spiro atoms. The number of aromatic nitrogens is 8. The molecule has 4 aromatic heterocycles. The van der Waals surface area contributed by atoms with Gasteiger partial charge in [-0.25, -0.2) is 38.4 Å². The number of H-pyrrole nitrogens is 1. The minimum Gasteiger partial charge on any atom is -0.382 e. The molecule has 23 heteroatoms. The summed E-state index contributed by atoms with van der Waals surface area (Å²) in [5.74, 6) is -0.212. The summed E-state index contributed by atoms with van der Waals surface area (Å²) in [6.45, 7) is -0.0164. The molecule has 4 aromatic rings. The van der Waals surface area contributed by atoms with E-state index in [4.69, 9.17) is 33.3 Å². The lowest BCUT2D eigenvalue weighted by atomic mass is 10.0. The van der Waals surface area contributed by atoms with Crippen LogP contribution in [-0.2, 0) is 36.7 Å². The van der Waals surface area contributed by atoms with Crippen molar-refractivity contribution in [1.82, 2.24) is 39.0 Å². The Morgan fingerprint density at radius 1 is 1.00 bits per heavy atom. The van der Waals surface area contributed by atoms with E-state index in [1.807, 2.05) is 0 Å². The van der Waals surface area contributed by atoms with Gasteiger partial charge in [0.2, 0.25) is 0 Å². The summed E-state index contributed by atoms with van der Waals surface area (Å²) in [6.07, 6.45) is -3.11. The minimum atomic E-state index is -5.04. The number of nitrogens with zero attached hydrogens (tertiary/aromatic N) is 7. The molecule has 3 unspecified atom stereocenters. The van der Waals surface area contributed by atoms with Crippen LogP contribution in [0.1, 0.15) is 24.5 Å². The number of nitrogens with two attached hydrogens (primary N) is 1. The Balaban J connectivity index is 1.05. The number of phosphoric ester groups is 2. The number of fused-ring (bicyclic) bond motifs is 2. The summed E-state index contributed by atoms with van der Waals surface area (Å²) in [4.78, 5) is 57.6. The third-order valence-electron chi connectivity index (χ3n) is 9.74. The van der Waals surface area contributed by atoms with Crippen molar-refractivity contribution in [3.63, 3.8) is 0 Å². The molecule has 2 saturated carbocycles. The van der Waals surface area contributed by atoms with Crippen LogP contribution in [0.5, 0.6) is 0 Å². The van der Waals surface area contributed by atoms with E-state index in [2.05, 4.69) is 29.9 Å². The Hall–Kier alpha value is -3.23. The molecule has 47 heavy (non-hydrogen) atoms. The maximum Gasteiger partial charge on any atom is 0.472 e. The summed E-state index contributed by atoms with van der Waals surface area (Å²) in [5.41, 5.74) is 2.97. The van der Waals surface area contributed by atoms with E-state index in [0.717, 1.165) is 0 Å². The smallest absolute Gasteiger partial charge is 0.382 e. The van der Waals surface area contributed by atoms with E-state index >= 15 is 4.39 Å². The molecule has 0 radical (unpaired) electrons. The van der Waals surface area contributed by atoms with E-state index in [9.17, 15) is 23.7 Å². The van der Waals surface area contributed by atoms with Crippen molar-refractivity contribution in [2.24, 2.45) is 11.3 Å². The van der Waals surface area contributed by atoms with Crippen LogP contribution in [0.2, 0.25) is 0 Å². The third-order valence-corrected chi connectivity index (χ3v) is 11.6. The summed E-state index contributed by atoms with van der Waals surface area (Å²) < 4.78 is 80.4. The zero-order valence-electron chi connectivity index (χ0n) is 24.2. The molecule has 5 N–H and O–H groups in total. The lowest BCUT2D eigenvalue weighted by Gasteiger charge is -2.34. The van der Waals surface area contributed by atoms with Crippen molar-refractivity contribution in [2.75, 3.05) is 25.6 Å². The molecule has 3 saturated heterocycles. The number of aryl methyl sites for hydroxylation is 1. The Morgan fingerprint density at radius 2 is 1.72 bits per heavy atom. The summed E-state index contributed by atoms with van der Waals surface area (Å²) in [6, 6.07) is -1.01. The molecule has 2 bridgehead atoms. The number of rotatable bonds is 2. The first-order valence-electron chi connectivity index (χ1n) is 14.4. The Morgan fingerprint density at radius 3 is 2.53 bits per heavy atom. The van der Waals surface area contributed by atoms with E-state index in [0.29, 0.717) is 5.82 Å². The van der Waals surface area contributed by atoms with Crippen LogP contribution in [0.3, 0.4) is 0 Å². The number of imidazole rings is 2. The second-order valence-corrected chi connectivity index (χ2v) is 15.2. The van der Waals surface area contributed by atoms with Gasteiger partial charge in [-0.05, 0) is 19.3 Å². The van der Waals surface area contributed by atoms with Crippen molar-refractivity contribution in [3.8, 4) is 0 Å².